The van der Waals surface area contributed by atoms with Crippen LogP contribution in [-0.2, 0) is 17.6 Å². The van der Waals surface area contributed by atoms with E-state index in [9.17, 15) is 4.79 Å². The molecule has 0 bridgehead atoms. The standard InChI is InChI=1S/C18H17NOS/c19-16(10-13-6-2-1-3-7-13)17(20)11-14-12-21-18-9-5-4-8-15(14)18/h1-9,12,16H,10-11,19H2. The van der Waals surface area contributed by atoms with E-state index in [1.54, 1.807) is 11.3 Å². The van der Waals surface area contributed by atoms with Crippen LogP contribution < -0.4 is 5.73 Å². The molecule has 2 aromatic carbocycles. The first-order valence-corrected chi connectivity index (χ1v) is 7.89. The molecule has 3 aromatic rings. The maximum absolute atomic E-state index is 12.3. The zero-order valence-corrected chi connectivity index (χ0v) is 12.5. The molecule has 0 saturated heterocycles. The molecule has 106 valence electrons. The van der Waals surface area contributed by atoms with Gasteiger partial charge in [-0.05, 0) is 34.4 Å². The second-order valence-electron chi connectivity index (χ2n) is 5.20. The topological polar surface area (TPSA) is 43.1 Å². The predicted octanol–water partition coefficient (Wildman–Crippen LogP) is 3.58. The SMILES string of the molecule is NC(Cc1ccccc1)C(=O)Cc1csc2ccccc12. The fourth-order valence-corrected chi connectivity index (χ4v) is 3.43. The molecule has 0 amide bonds. The summed E-state index contributed by atoms with van der Waals surface area (Å²) >= 11 is 1.68. The summed E-state index contributed by atoms with van der Waals surface area (Å²) in [6.07, 6.45) is 1.01. The summed E-state index contributed by atoms with van der Waals surface area (Å²) in [5, 5.41) is 3.24. The molecule has 0 saturated carbocycles. The van der Waals surface area contributed by atoms with Gasteiger partial charge in [0.25, 0.3) is 0 Å². The average Bonchev–Trinajstić information content (AvgIpc) is 2.91. The van der Waals surface area contributed by atoms with E-state index in [4.69, 9.17) is 5.73 Å². The number of benzene rings is 2. The van der Waals surface area contributed by atoms with Gasteiger partial charge in [-0.2, -0.15) is 0 Å². The Morgan fingerprint density at radius 3 is 2.57 bits per heavy atom. The van der Waals surface area contributed by atoms with Crippen molar-refractivity contribution < 1.29 is 4.79 Å². The summed E-state index contributed by atoms with van der Waals surface area (Å²) in [6.45, 7) is 0. The highest BCUT2D eigenvalue weighted by Gasteiger charge is 2.16. The molecule has 3 rings (SSSR count). The van der Waals surface area contributed by atoms with Crippen LogP contribution in [0.1, 0.15) is 11.1 Å². The Labute approximate surface area is 128 Å². The van der Waals surface area contributed by atoms with Crippen LogP contribution in [0, 0.1) is 0 Å². The van der Waals surface area contributed by atoms with E-state index < -0.39 is 6.04 Å². The molecule has 0 fully saturated rings. The van der Waals surface area contributed by atoms with E-state index in [2.05, 4.69) is 17.5 Å². The van der Waals surface area contributed by atoms with Crippen molar-refractivity contribution in [1.82, 2.24) is 0 Å². The van der Waals surface area contributed by atoms with E-state index in [1.807, 2.05) is 42.5 Å². The number of nitrogens with two attached hydrogens (primary N) is 1. The van der Waals surface area contributed by atoms with Crippen molar-refractivity contribution in [3.05, 3.63) is 71.1 Å². The monoisotopic (exact) mass is 295 g/mol. The Bertz CT molecular complexity index is 748. The maximum Gasteiger partial charge on any atom is 0.154 e. The molecule has 3 heteroatoms. The van der Waals surface area contributed by atoms with Crippen molar-refractivity contribution in [2.45, 2.75) is 18.9 Å². The van der Waals surface area contributed by atoms with Gasteiger partial charge in [-0.1, -0.05) is 48.5 Å². The largest absolute Gasteiger partial charge is 0.321 e. The predicted molar refractivity (Wildman–Crippen MR) is 88.7 cm³/mol. The maximum atomic E-state index is 12.3. The Hall–Kier alpha value is -1.97. The summed E-state index contributed by atoms with van der Waals surface area (Å²) in [4.78, 5) is 12.3. The number of hydrogen-bond donors (Lipinski definition) is 1. The Morgan fingerprint density at radius 2 is 1.76 bits per heavy atom. The van der Waals surface area contributed by atoms with E-state index in [0.29, 0.717) is 12.8 Å². The summed E-state index contributed by atoms with van der Waals surface area (Å²) in [5.74, 6) is 0.0995. The zero-order chi connectivity index (χ0) is 14.7. The van der Waals surface area contributed by atoms with Gasteiger partial charge in [0.05, 0.1) is 6.04 Å². The molecule has 1 heterocycles. The average molecular weight is 295 g/mol. The van der Waals surface area contributed by atoms with Crippen LogP contribution in [-0.4, -0.2) is 11.8 Å². The highest BCUT2D eigenvalue weighted by atomic mass is 32.1. The molecular formula is C18H17NOS. The first-order valence-electron chi connectivity index (χ1n) is 7.01. The third-order valence-corrected chi connectivity index (χ3v) is 4.65. The van der Waals surface area contributed by atoms with Crippen molar-refractivity contribution in [2.75, 3.05) is 0 Å². The summed E-state index contributed by atoms with van der Waals surface area (Å²) in [7, 11) is 0. The number of fused-ring (bicyclic) bond motifs is 1. The van der Waals surface area contributed by atoms with Crippen molar-refractivity contribution in [3.8, 4) is 0 Å². The molecule has 0 radical (unpaired) electrons. The molecule has 21 heavy (non-hydrogen) atoms. The van der Waals surface area contributed by atoms with Gasteiger partial charge >= 0.3 is 0 Å². The molecule has 0 aliphatic carbocycles. The lowest BCUT2D eigenvalue weighted by atomic mass is 9.98. The molecule has 1 aromatic heterocycles. The molecule has 0 aliphatic heterocycles. The number of rotatable bonds is 5. The lowest BCUT2D eigenvalue weighted by molar-refractivity contribution is -0.119. The van der Waals surface area contributed by atoms with E-state index >= 15 is 0 Å². The lowest BCUT2D eigenvalue weighted by Crippen LogP contribution is -2.33. The van der Waals surface area contributed by atoms with Gasteiger partial charge in [0.15, 0.2) is 5.78 Å². The molecule has 2 nitrogen and oxygen atoms in total. The Kier molecular flexibility index (Phi) is 4.13. The van der Waals surface area contributed by atoms with Gasteiger partial charge in [-0.3, -0.25) is 4.79 Å². The fraction of sp³-hybridized carbons (Fsp3) is 0.167. The summed E-state index contributed by atoms with van der Waals surface area (Å²) in [6, 6.07) is 17.7. The van der Waals surface area contributed by atoms with E-state index in [0.717, 1.165) is 11.1 Å². The van der Waals surface area contributed by atoms with Crippen molar-refractivity contribution in [3.63, 3.8) is 0 Å². The minimum absolute atomic E-state index is 0.0995. The first-order chi connectivity index (χ1) is 10.2. The molecule has 1 unspecified atom stereocenters. The first kappa shape index (κ1) is 14.0. The fourth-order valence-electron chi connectivity index (χ4n) is 2.47. The minimum Gasteiger partial charge on any atom is -0.321 e. The highest BCUT2D eigenvalue weighted by Crippen LogP contribution is 2.26. The van der Waals surface area contributed by atoms with Crippen LogP contribution in [0.2, 0.25) is 0 Å². The zero-order valence-electron chi connectivity index (χ0n) is 11.7. The van der Waals surface area contributed by atoms with E-state index in [-0.39, 0.29) is 5.78 Å². The molecule has 0 aliphatic rings. The highest BCUT2D eigenvalue weighted by molar-refractivity contribution is 7.17. The molecular weight excluding hydrogens is 278 g/mol. The van der Waals surface area contributed by atoms with Crippen LogP contribution in [0.5, 0.6) is 0 Å². The normalized spacial score (nSPS) is 12.4. The second-order valence-corrected chi connectivity index (χ2v) is 6.11. The van der Waals surface area contributed by atoms with Crippen molar-refractivity contribution >= 4 is 27.2 Å². The number of thiophene rings is 1. The van der Waals surface area contributed by atoms with E-state index in [1.165, 1.54) is 10.1 Å². The quantitative estimate of drug-likeness (QED) is 0.782. The third-order valence-electron chi connectivity index (χ3n) is 3.64. The van der Waals surface area contributed by atoms with Gasteiger partial charge in [0, 0.05) is 11.1 Å². The van der Waals surface area contributed by atoms with Crippen LogP contribution in [0.15, 0.2) is 60.0 Å². The van der Waals surface area contributed by atoms with Gasteiger partial charge in [0.1, 0.15) is 0 Å². The van der Waals surface area contributed by atoms with Crippen molar-refractivity contribution in [2.24, 2.45) is 5.73 Å². The van der Waals surface area contributed by atoms with Crippen molar-refractivity contribution in [1.29, 1.82) is 0 Å². The summed E-state index contributed by atoms with van der Waals surface area (Å²) < 4.78 is 1.22. The molecule has 0 spiro atoms. The lowest BCUT2D eigenvalue weighted by Gasteiger charge is -2.10. The van der Waals surface area contributed by atoms with Crippen LogP contribution in [0.25, 0.3) is 10.1 Å². The second kappa shape index (κ2) is 6.20. The van der Waals surface area contributed by atoms with Crippen LogP contribution in [0.3, 0.4) is 0 Å². The molecule has 2 N–H and O–H groups in total. The van der Waals surface area contributed by atoms with Gasteiger partial charge in [-0.25, -0.2) is 0 Å². The number of carbonyl (C=O) groups is 1. The number of carbonyl (C=O) groups excluding carboxylic acids is 1. The third kappa shape index (κ3) is 3.20. The number of Topliss-reactive ketones (excluding diaryl/α,β-unsaturated/α-hetero) is 1. The summed E-state index contributed by atoms with van der Waals surface area (Å²) in [5.41, 5.74) is 8.26. The van der Waals surface area contributed by atoms with Gasteiger partial charge in [-0.15, -0.1) is 11.3 Å². The van der Waals surface area contributed by atoms with Gasteiger partial charge < -0.3 is 5.73 Å². The smallest absolute Gasteiger partial charge is 0.154 e. The number of hydrogen-bond acceptors (Lipinski definition) is 3. The Balaban J connectivity index is 1.71. The van der Waals surface area contributed by atoms with Crippen LogP contribution in [0.4, 0.5) is 0 Å². The Morgan fingerprint density at radius 1 is 1.05 bits per heavy atom. The minimum atomic E-state index is -0.439. The van der Waals surface area contributed by atoms with Crippen LogP contribution >= 0.6 is 11.3 Å². The number of ketones is 1. The van der Waals surface area contributed by atoms with Gasteiger partial charge in [0.2, 0.25) is 0 Å². The molecule has 1 atom stereocenters.